The van der Waals surface area contributed by atoms with Crippen molar-refractivity contribution in [1.82, 2.24) is 9.88 Å². The first kappa shape index (κ1) is 17.6. The van der Waals surface area contributed by atoms with Crippen LogP contribution in [0, 0.1) is 0 Å². The molecular formula is C19H23N3O2S. The Morgan fingerprint density at radius 3 is 2.56 bits per heavy atom. The Labute approximate surface area is 152 Å². The average Bonchev–Trinajstić information content (AvgIpc) is 3.17. The molecule has 0 aliphatic carbocycles. The molecule has 0 bridgehead atoms. The molecule has 1 aliphatic heterocycles. The lowest BCUT2D eigenvalue weighted by molar-refractivity contribution is -0.128. The first-order chi connectivity index (χ1) is 11.8. The van der Waals surface area contributed by atoms with Gasteiger partial charge in [-0.15, -0.1) is 11.3 Å². The highest BCUT2D eigenvalue weighted by atomic mass is 32.1. The van der Waals surface area contributed by atoms with Gasteiger partial charge in [-0.1, -0.05) is 32.9 Å². The van der Waals surface area contributed by atoms with Gasteiger partial charge in [-0.25, -0.2) is 4.98 Å². The molecule has 2 heterocycles. The maximum Gasteiger partial charge on any atom is 0.257 e. The molecule has 1 N–H and O–H groups in total. The minimum Gasteiger partial charge on any atom is -0.338 e. The van der Waals surface area contributed by atoms with Gasteiger partial charge in [0.1, 0.15) is 0 Å². The van der Waals surface area contributed by atoms with E-state index in [0.29, 0.717) is 23.7 Å². The maximum absolute atomic E-state index is 12.4. The number of hydrogen-bond donors (Lipinski definition) is 1. The van der Waals surface area contributed by atoms with Gasteiger partial charge in [0, 0.05) is 35.9 Å². The molecule has 2 aromatic rings. The number of anilines is 1. The van der Waals surface area contributed by atoms with E-state index in [4.69, 9.17) is 0 Å². The van der Waals surface area contributed by atoms with Crippen LogP contribution in [0.1, 0.15) is 55.2 Å². The van der Waals surface area contributed by atoms with Crippen molar-refractivity contribution in [2.45, 2.75) is 45.6 Å². The van der Waals surface area contributed by atoms with Gasteiger partial charge in [0.2, 0.25) is 5.91 Å². The number of nitrogens with zero attached hydrogens (tertiary/aromatic N) is 2. The zero-order valence-corrected chi connectivity index (χ0v) is 15.7. The molecule has 1 fully saturated rings. The van der Waals surface area contributed by atoms with E-state index in [9.17, 15) is 9.59 Å². The van der Waals surface area contributed by atoms with Crippen LogP contribution in [0.5, 0.6) is 0 Å². The molecule has 2 amide bonds. The maximum atomic E-state index is 12.4. The lowest BCUT2D eigenvalue weighted by atomic mass is 9.93. The number of amides is 2. The lowest BCUT2D eigenvalue weighted by Gasteiger charge is -2.15. The fraction of sp³-hybridized carbons (Fsp3) is 0.421. The van der Waals surface area contributed by atoms with Crippen molar-refractivity contribution in [2.75, 3.05) is 11.9 Å². The number of aromatic nitrogens is 1. The van der Waals surface area contributed by atoms with Gasteiger partial charge in [-0.05, 0) is 24.1 Å². The number of hydrogen-bond acceptors (Lipinski definition) is 4. The quantitative estimate of drug-likeness (QED) is 0.905. The van der Waals surface area contributed by atoms with E-state index in [1.807, 2.05) is 22.4 Å². The third kappa shape index (κ3) is 4.25. The summed E-state index contributed by atoms with van der Waals surface area (Å²) in [5.74, 6) is 0.0406. The Kier molecular flexibility index (Phi) is 4.90. The summed E-state index contributed by atoms with van der Waals surface area (Å²) in [7, 11) is 0. The molecule has 0 spiro atoms. The Bertz CT molecular complexity index is 775. The predicted molar refractivity (Wildman–Crippen MR) is 99.9 cm³/mol. The van der Waals surface area contributed by atoms with E-state index in [2.05, 4.69) is 31.1 Å². The second-order valence-corrected chi connectivity index (χ2v) is 8.22. The molecule has 1 saturated heterocycles. The molecule has 3 rings (SSSR count). The number of carbonyl (C=O) groups is 2. The SMILES string of the molecule is CC(C)(C)c1csc(NC(=O)c2ccc(CN3CCCC3=O)cc2)n1. The smallest absolute Gasteiger partial charge is 0.257 e. The van der Waals surface area contributed by atoms with Crippen molar-refractivity contribution in [3.05, 3.63) is 46.5 Å². The minimum absolute atomic E-state index is 0.0336. The molecular weight excluding hydrogens is 334 g/mol. The Morgan fingerprint density at radius 1 is 1.28 bits per heavy atom. The van der Waals surface area contributed by atoms with Crippen LogP contribution in [0.25, 0.3) is 0 Å². The summed E-state index contributed by atoms with van der Waals surface area (Å²) in [5, 5.41) is 5.44. The summed E-state index contributed by atoms with van der Waals surface area (Å²) in [6.07, 6.45) is 1.58. The summed E-state index contributed by atoms with van der Waals surface area (Å²) in [4.78, 5) is 30.4. The van der Waals surface area contributed by atoms with Gasteiger partial charge in [-0.2, -0.15) is 0 Å². The fourth-order valence-corrected chi connectivity index (χ4v) is 3.63. The summed E-state index contributed by atoms with van der Waals surface area (Å²) >= 11 is 1.44. The fourth-order valence-electron chi connectivity index (χ4n) is 2.70. The van der Waals surface area contributed by atoms with E-state index in [0.717, 1.165) is 24.2 Å². The Morgan fingerprint density at radius 2 is 2.00 bits per heavy atom. The molecule has 0 saturated carbocycles. The van der Waals surface area contributed by atoms with Crippen molar-refractivity contribution in [3.8, 4) is 0 Å². The molecule has 0 radical (unpaired) electrons. The predicted octanol–water partition coefficient (Wildman–Crippen LogP) is 3.82. The zero-order valence-electron chi connectivity index (χ0n) is 14.8. The van der Waals surface area contributed by atoms with E-state index in [-0.39, 0.29) is 17.2 Å². The van der Waals surface area contributed by atoms with Crippen molar-refractivity contribution >= 4 is 28.3 Å². The van der Waals surface area contributed by atoms with Gasteiger partial charge in [0.05, 0.1) is 5.69 Å². The second kappa shape index (κ2) is 6.96. The van der Waals surface area contributed by atoms with Gasteiger partial charge in [-0.3, -0.25) is 14.9 Å². The molecule has 1 aromatic heterocycles. The largest absolute Gasteiger partial charge is 0.338 e. The molecule has 1 aromatic carbocycles. The molecule has 0 atom stereocenters. The van der Waals surface area contributed by atoms with Crippen LogP contribution in [0.15, 0.2) is 29.6 Å². The number of thiazole rings is 1. The van der Waals surface area contributed by atoms with Gasteiger partial charge in [0.25, 0.3) is 5.91 Å². The number of benzene rings is 1. The van der Waals surface area contributed by atoms with Gasteiger partial charge < -0.3 is 4.90 Å². The topological polar surface area (TPSA) is 62.3 Å². The van der Waals surface area contributed by atoms with Crippen LogP contribution in [-0.2, 0) is 16.8 Å². The van der Waals surface area contributed by atoms with Crippen molar-refractivity contribution in [2.24, 2.45) is 0 Å². The number of carbonyl (C=O) groups excluding carboxylic acids is 2. The minimum atomic E-state index is -0.168. The molecule has 25 heavy (non-hydrogen) atoms. The third-order valence-corrected chi connectivity index (χ3v) is 5.01. The highest BCUT2D eigenvalue weighted by Crippen LogP contribution is 2.26. The zero-order chi connectivity index (χ0) is 18.0. The molecule has 0 unspecified atom stereocenters. The molecule has 5 nitrogen and oxygen atoms in total. The molecule has 6 heteroatoms. The van der Waals surface area contributed by atoms with Crippen LogP contribution in [0.2, 0.25) is 0 Å². The van der Waals surface area contributed by atoms with E-state index in [1.165, 1.54) is 11.3 Å². The van der Waals surface area contributed by atoms with Crippen LogP contribution in [0.4, 0.5) is 5.13 Å². The van der Waals surface area contributed by atoms with Crippen LogP contribution in [-0.4, -0.2) is 28.2 Å². The first-order valence-corrected chi connectivity index (χ1v) is 9.35. The molecule has 132 valence electrons. The van der Waals surface area contributed by atoms with E-state index < -0.39 is 0 Å². The van der Waals surface area contributed by atoms with Crippen molar-refractivity contribution < 1.29 is 9.59 Å². The van der Waals surface area contributed by atoms with Crippen LogP contribution in [0.3, 0.4) is 0 Å². The second-order valence-electron chi connectivity index (χ2n) is 7.36. The monoisotopic (exact) mass is 357 g/mol. The first-order valence-electron chi connectivity index (χ1n) is 8.47. The van der Waals surface area contributed by atoms with Crippen molar-refractivity contribution in [1.29, 1.82) is 0 Å². The Hall–Kier alpha value is -2.21. The van der Waals surface area contributed by atoms with Crippen LogP contribution >= 0.6 is 11.3 Å². The van der Waals surface area contributed by atoms with Gasteiger partial charge in [0.15, 0.2) is 5.13 Å². The molecule has 1 aliphatic rings. The van der Waals surface area contributed by atoms with Gasteiger partial charge >= 0.3 is 0 Å². The summed E-state index contributed by atoms with van der Waals surface area (Å²) in [6.45, 7) is 7.72. The number of rotatable bonds is 4. The summed E-state index contributed by atoms with van der Waals surface area (Å²) in [5.41, 5.74) is 2.56. The third-order valence-electron chi connectivity index (χ3n) is 4.25. The van der Waals surface area contributed by atoms with Crippen LogP contribution < -0.4 is 5.32 Å². The van der Waals surface area contributed by atoms with E-state index in [1.54, 1.807) is 12.1 Å². The summed E-state index contributed by atoms with van der Waals surface area (Å²) < 4.78 is 0. The summed E-state index contributed by atoms with van der Waals surface area (Å²) in [6, 6.07) is 7.40. The van der Waals surface area contributed by atoms with E-state index >= 15 is 0 Å². The van der Waals surface area contributed by atoms with Crippen molar-refractivity contribution in [3.63, 3.8) is 0 Å². The average molecular weight is 357 g/mol. The Balaban J connectivity index is 1.62. The normalized spacial score (nSPS) is 14.8. The lowest BCUT2D eigenvalue weighted by Crippen LogP contribution is -2.23. The highest BCUT2D eigenvalue weighted by molar-refractivity contribution is 7.14. The standard InChI is InChI=1S/C19H23N3O2S/c1-19(2,3)15-12-25-18(20-15)21-17(24)14-8-6-13(7-9-14)11-22-10-4-5-16(22)23/h6-9,12H,4-5,10-11H2,1-3H3,(H,20,21,24). The number of nitrogens with one attached hydrogen (secondary N) is 1. The highest BCUT2D eigenvalue weighted by Gasteiger charge is 2.20. The number of likely N-dealkylation sites (tertiary alicyclic amines) is 1.